The van der Waals surface area contributed by atoms with Gasteiger partial charge in [-0.05, 0) is 36.6 Å². The molecule has 1 aromatic rings. The van der Waals surface area contributed by atoms with Crippen molar-refractivity contribution < 1.29 is 24.2 Å². The molecule has 0 saturated carbocycles. The van der Waals surface area contributed by atoms with Gasteiger partial charge in [-0.3, -0.25) is 4.79 Å². The maximum atomic E-state index is 12.1. The lowest BCUT2D eigenvalue weighted by atomic mass is 9.79. The van der Waals surface area contributed by atoms with Crippen LogP contribution in [0.4, 0.5) is 0 Å². The summed E-state index contributed by atoms with van der Waals surface area (Å²) in [4.78, 5) is 23.7. The first-order valence-electron chi connectivity index (χ1n) is 5.55. The van der Waals surface area contributed by atoms with Gasteiger partial charge < -0.3 is 14.6 Å². The Morgan fingerprint density at radius 3 is 2.72 bits per heavy atom. The Labute approximate surface area is 104 Å². The number of hydrogen-bond donors (Lipinski definition) is 1. The van der Waals surface area contributed by atoms with Crippen molar-refractivity contribution in [3.05, 3.63) is 29.3 Å². The predicted molar refractivity (Wildman–Crippen MR) is 62.6 cm³/mol. The van der Waals surface area contributed by atoms with Crippen LogP contribution in [0.15, 0.2) is 18.2 Å². The fraction of sp³-hybridized carbons (Fsp3) is 0.385. The van der Waals surface area contributed by atoms with Crippen LogP contribution in [-0.2, 0) is 16.0 Å². The number of aryl methyl sites for hydroxylation is 1. The number of fused-ring (bicyclic) bond motifs is 1. The molecule has 1 unspecified atom stereocenters. The molecule has 0 radical (unpaired) electrons. The first kappa shape index (κ1) is 12.6. The van der Waals surface area contributed by atoms with Gasteiger partial charge in [0.05, 0.1) is 14.2 Å². The lowest BCUT2D eigenvalue weighted by molar-refractivity contribution is -0.157. The summed E-state index contributed by atoms with van der Waals surface area (Å²) >= 11 is 0. The second-order valence-corrected chi connectivity index (χ2v) is 4.20. The van der Waals surface area contributed by atoms with E-state index >= 15 is 0 Å². The van der Waals surface area contributed by atoms with Gasteiger partial charge in [-0.1, -0.05) is 0 Å². The molecule has 0 aromatic heterocycles. The summed E-state index contributed by atoms with van der Waals surface area (Å²) in [6.07, 6.45) is 0.447. The minimum atomic E-state index is -2.06. The highest BCUT2D eigenvalue weighted by Gasteiger charge is 2.48. The number of benzene rings is 1. The van der Waals surface area contributed by atoms with Gasteiger partial charge in [0.1, 0.15) is 5.75 Å². The third-order valence-electron chi connectivity index (χ3n) is 3.21. The Bertz CT molecular complexity index is 508. The van der Waals surface area contributed by atoms with E-state index in [1.54, 1.807) is 18.2 Å². The number of ether oxygens (including phenoxy) is 2. The van der Waals surface area contributed by atoms with Gasteiger partial charge in [-0.15, -0.1) is 0 Å². The number of hydrogen-bond acceptors (Lipinski definition) is 5. The van der Waals surface area contributed by atoms with Crippen molar-refractivity contribution in [3.8, 4) is 5.75 Å². The van der Waals surface area contributed by atoms with Gasteiger partial charge in [0.15, 0.2) is 0 Å². The topological polar surface area (TPSA) is 72.8 Å². The minimum Gasteiger partial charge on any atom is -0.497 e. The Kier molecular flexibility index (Phi) is 3.09. The minimum absolute atomic E-state index is 0.0265. The van der Waals surface area contributed by atoms with E-state index in [1.807, 2.05) is 0 Å². The number of aliphatic hydroxyl groups is 1. The second-order valence-electron chi connectivity index (χ2n) is 4.20. The molecule has 2 rings (SSSR count). The van der Waals surface area contributed by atoms with Gasteiger partial charge in [0.2, 0.25) is 11.4 Å². The van der Waals surface area contributed by atoms with Crippen molar-refractivity contribution in [2.24, 2.45) is 0 Å². The molecule has 0 heterocycles. The van der Waals surface area contributed by atoms with Crippen LogP contribution in [0.3, 0.4) is 0 Å². The summed E-state index contributed by atoms with van der Waals surface area (Å²) in [6, 6.07) is 4.92. The first-order valence-corrected chi connectivity index (χ1v) is 5.55. The number of ketones is 1. The number of methoxy groups -OCH3 is 2. The van der Waals surface area contributed by atoms with Crippen molar-refractivity contribution in [2.45, 2.75) is 18.4 Å². The van der Waals surface area contributed by atoms with Crippen LogP contribution in [0.2, 0.25) is 0 Å². The molecule has 18 heavy (non-hydrogen) atoms. The van der Waals surface area contributed by atoms with Crippen molar-refractivity contribution in [1.29, 1.82) is 0 Å². The monoisotopic (exact) mass is 250 g/mol. The first-order chi connectivity index (χ1) is 8.52. The Hall–Kier alpha value is -1.88. The number of carbonyl (C=O) groups excluding carboxylic acids is 2. The van der Waals surface area contributed by atoms with Crippen LogP contribution in [0, 0.1) is 0 Å². The Morgan fingerprint density at radius 1 is 1.39 bits per heavy atom. The van der Waals surface area contributed by atoms with Crippen molar-refractivity contribution in [3.63, 3.8) is 0 Å². The fourth-order valence-electron chi connectivity index (χ4n) is 2.14. The largest absolute Gasteiger partial charge is 0.497 e. The number of rotatable bonds is 2. The van der Waals surface area contributed by atoms with Gasteiger partial charge in [0.25, 0.3) is 0 Å². The highest BCUT2D eigenvalue weighted by molar-refractivity contribution is 6.16. The molecule has 5 heteroatoms. The van der Waals surface area contributed by atoms with E-state index in [4.69, 9.17) is 4.74 Å². The normalized spacial score (nSPS) is 22.3. The van der Waals surface area contributed by atoms with Crippen LogP contribution in [0.1, 0.15) is 22.3 Å². The van der Waals surface area contributed by atoms with E-state index in [1.165, 1.54) is 7.11 Å². The molecule has 1 atom stereocenters. The predicted octanol–water partition coefficient (Wildman–Crippen LogP) is 0.728. The second kappa shape index (κ2) is 4.42. The van der Waals surface area contributed by atoms with E-state index in [2.05, 4.69) is 4.74 Å². The number of Topliss-reactive ketones (excluding diaryl/α,β-unsaturated/α-hetero) is 1. The number of esters is 1. The Morgan fingerprint density at radius 2 is 2.11 bits per heavy atom. The molecule has 0 aliphatic heterocycles. The highest BCUT2D eigenvalue weighted by Crippen LogP contribution is 2.31. The molecular formula is C13H14O5. The summed E-state index contributed by atoms with van der Waals surface area (Å²) in [7, 11) is 2.69. The summed E-state index contributed by atoms with van der Waals surface area (Å²) in [6.45, 7) is 0. The summed E-state index contributed by atoms with van der Waals surface area (Å²) < 4.78 is 9.56. The lowest BCUT2D eigenvalue weighted by Crippen LogP contribution is -2.50. The van der Waals surface area contributed by atoms with Crippen LogP contribution in [-0.4, -0.2) is 36.7 Å². The third kappa shape index (κ3) is 1.76. The van der Waals surface area contributed by atoms with Gasteiger partial charge in [0, 0.05) is 5.56 Å². The highest BCUT2D eigenvalue weighted by atomic mass is 16.5. The molecule has 0 fully saturated rings. The van der Waals surface area contributed by atoms with E-state index in [9.17, 15) is 14.7 Å². The third-order valence-corrected chi connectivity index (χ3v) is 3.21. The fourth-order valence-corrected chi connectivity index (χ4v) is 2.14. The van der Waals surface area contributed by atoms with Gasteiger partial charge in [-0.2, -0.15) is 0 Å². The zero-order chi connectivity index (χ0) is 13.3. The maximum absolute atomic E-state index is 12.1. The summed E-state index contributed by atoms with van der Waals surface area (Å²) in [5, 5.41) is 10.1. The van der Waals surface area contributed by atoms with E-state index < -0.39 is 17.4 Å². The molecule has 1 aliphatic rings. The van der Waals surface area contributed by atoms with Crippen LogP contribution in [0.25, 0.3) is 0 Å². The SMILES string of the molecule is COC(=O)C1(O)CCc2cc(OC)ccc2C1=O. The zero-order valence-electron chi connectivity index (χ0n) is 10.2. The van der Waals surface area contributed by atoms with Crippen LogP contribution >= 0.6 is 0 Å². The summed E-state index contributed by atoms with van der Waals surface area (Å²) in [5.41, 5.74) is -0.945. The summed E-state index contributed by atoms with van der Waals surface area (Å²) in [5.74, 6) is -0.878. The molecule has 1 aliphatic carbocycles. The molecule has 0 spiro atoms. The van der Waals surface area contributed by atoms with Crippen molar-refractivity contribution >= 4 is 11.8 Å². The standard InChI is InChI=1S/C13H14O5/c1-17-9-3-4-10-8(7-9)5-6-13(16,11(10)14)12(15)18-2/h3-4,7,16H,5-6H2,1-2H3. The van der Waals surface area contributed by atoms with Crippen LogP contribution < -0.4 is 4.74 Å². The lowest BCUT2D eigenvalue weighted by Gasteiger charge is -2.29. The van der Waals surface area contributed by atoms with Gasteiger partial charge in [-0.25, -0.2) is 4.79 Å². The average molecular weight is 250 g/mol. The molecule has 96 valence electrons. The van der Waals surface area contributed by atoms with E-state index in [0.717, 1.165) is 12.7 Å². The molecular weight excluding hydrogens is 236 g/mol. The molecule has 5 nitrogen and oxygen atoms in total. The van der Waals surface area contributed by atoms with Gasteiger partial charge >= 0.3 is 5.97 Å². The van der Waals surface area contributed by atoms with Crippen molar-refractivity contribution in [2.75, 3.05) is 14.2 Å². The molecule has 0 saturated heterocycles. The quantitative estimate of drug-likeness (QED) is 0.618. The molecule has 0 amide bonds. The van der Waals surface area contributed by atoms with Crippen LogP contribution in [0.5, 0.6) is 5.75 Å². The maximum Gasteiger partial charge on any atom is 0.346 e. The molecule has 0 bridgehead atoms. The average Bonchev–Trinajstić information content (AvgIpc) is 2.41. The molecule has 1 N–H and O–H groups in total. The zero-order valence-corrected chi connectivity index (χ0v) is 10.2. The smallest absolute Gasteiger partial charge is 0.346 e. The Balaban J connectivity index is 2.43. The number of carbonyl (C=O) groups is 2. The van der Waals surface area contributed by atoms with E-state index in [0.29, 0.717) is 17.7 Å². The van der Waals surface area contributed by atoms with Crippen molar-refractivity contribution in [1.82, 2.24) is 0 Å². The molecule has 1 aromatic carbocycles. The van der Waals surface area contributed by atoms with E-state index in [-0.39, 0.29) is 6.42 Å².